The molecule has 0 unspecified atom stereocenters. The normalized spacial score (nSPS) is 12.7. The summed E-state index contributed by atoms with van der Waals surface area (Å²) in [6, 6.07) is 21.4. The van der Waals surface area contributed by atoms with Crippen LogP contribution in [0.5, 0.6) is 11.5 Å². The Kier molecular flexibility index (Phi) is 14.4. The van der Waals surface area contributed by atoms with E-state index >= 15 is 0 Å². The van der Waals surface area contributed by atoms with Gasteiger partial charge in [0.2, 0.25) is 0 Å². The summed E-state index contributed by atoms with van der Waals surface area (Å²) < 4.78 is 0. The largest absolute Gasteiger partial charge is 1.00 e. The Morgan fingerprint density at radius 1 is 0.719 bits per heavy atom. The third kappa shape index (κ3) is 7.23. The first-order valence-electron chi connectivity index (χ1n) is 9.41. The number of carbonyl (C=O) groups excluding carboxylic acids is 1. The van der Waals surface area contributed by atoms with Crippen LogP contribution >= 0.6 is 0 Å². The minimum atomic E-state index is -0.657. The number of Topliss-reactive ketones (excluding diaryl/α,β-unsaturated/α-hetero) is 1. The van der Waals surface area contributed by atoms with Crippen LogP contribution in [0, 0.1) is 5.92 Å². The summed E-state index contributed by atoms with van der Waals surface area (Å²) in [7, 11) is 0. The van der Waals surface area contributed by atoms with Crippen molar-refractivity contribution in [3.8, 4) is 11.5 Å². The topological polar surface area (TPSA) is 86.2 Å². The van der Waals surface area contributed by atoms with E-state index in [1.54, 1.807) is 38.1 Å². The number of allylic oxidation sites excluding steroid dienone is 1. The van der Waals surface area contributed by atoms with E-state index in [0.29, 0.717) is 5.57 Å². The second kappa shape index (κ2) is 14.7. The van der Waals surface area contributed by atoms with Crippen LogP contribution in [0.2, 0.25) is 0 Å². The predicted octanol–water partition coefficient (Wildman–Crippen LogP) is -5.76. The van der Waals surface area contributed by atoms with E-state index in [-0.39, 0.29) is 123 Å². The van der Waals surface area contributed by atoms with Gasteiger partial charge in [-0.25, -0.2) is 0 Å². The number of ketones is 1. The van der Waals surface area contributed by atoms with E-state index in [9.17, 15) is 20.1 Å². The third-order valence-electron chi connectivity index (χ3n) is 5.18. The fourth-order valence-corrected chi connectivity index (χ4v) is 3.65. The van der Waals surface area contributed by atoms with Gasteiger partial charge in [-0.05, 0) is 18.1 Å². The summed E-state index contributed by atoms with van der Waals surface area (Å²) in [5.74, 6) is -2.63. The van der Waals surface area contributed by atoms with Crippen molar-refractivity contribution >= 4 is 11.5 Å². The molecule has 0 bridgehead atoms. The van der Waals surface area contributed by atoms with Crippen molar-refractivity contribution in [2.45, 2.75) is 19.8 Å². The van der Waals surface area contributed by atoms with Crippen molar-refractivity contribution in [2.75, 3.05) is 0 Å². The number of carbonyl (C=O) groups is 1. The first-order valence-corrected chi connectivity index (χ1v) is 9.41. The van der Waals surface area contributed by atoms with Crippen molar-refractivity contribution in [3.63, 3.8) is 0 Å². The summed E-state index contributed by atoms with van der Waals surface area (Å²) in [6.07, 6.45) is 0. The Labute approximate surface area is 255 Å². The molecule has 0 saturated carbocycles. The van der Waals surface area contributed by atoms with Crippen LogP contribution < -0.4 is 104 Å². The number of hydrogen-bond acceptors (Lipinski definition) is 4. The van der Waals surface area contributed by atoms with Crippen molar-refractivity contribution in [3.05, 3.63) is 101 Å². The third-order valence-corrected chi connectivity index (χ3v) is 5.18. The minimum absolute atomic E-state index is 0. The molecule has 0 spiro atoms. The SMILES string of the molecule is C/C(=C(/[O-])c1ccccc1[O-])[C@H](c1ccccc1)[C@H](C)C(=O)c1ccccc1[O-].[Na+].[Na+].[Na+]. The monoisotopic (exact) mass is 454 g/mol. The van der Waals surface area contributed by atoms with Gasteiger partial charge >= 0.3 is 88.7 Å². The second-order valence-corrected chi connectivity index (χ2v) is 7.05. The van der Waals surface area contributed by atoms with Gasteiger partial charge in [-0.15, -0.1) is 11.5 Å². The average molecular weight is 454 g/mol. The maximum absolute atomic E-state index is 13.1. The first kappa shape index (κ1) is 31.5. The summed E-state index contributed by atoms with van der Waals surface area (Å²) in [5, 5.41) is 37.4. The van der Waals surface area contributed by atoms with Gasteiger partial charge in [0.1, 0.15) is 0 Å². The summed E-state index contributed by atoms with van der Waals surface area (Å²) >= 11 is 0. The van der Waals surface area contributed by atoms with Crippen LogP contribution in [0.25, 0.3) is 5.76 Å². The first-order chi connectivity index (χ1) is 13.9. The van der Waals surface area contributed by atoms with E-state index in [0.717, 1.165) is 5.56 Å². The molecule has 148 valence electrons. The molecular weight excluding hydrogens is 433 g/mol. The van der Waals surface area contributed by atoms with Gasteiger partial charge in [0.05, 0.1) is 0 Å². The number of rotatable bonds is 6. The number of para-hydroxylation sites is 2. The molecule has 3 aromatic rings. The Morgan fingerprint density at radius 3 is 1.66 bits per heavy atom. The summed E-state index contributed by atoms with van der Waals surface area (Å²) in [5.41, 5.74) is 1.36. The quantitative estimate of drug-likeness (QED) is 0.211. The molecule has 32 heavy (non-hydrogen) atoms. The van der Waals surface area contributed by atoms with Gasteiger partial charge in [-0.1, -0.05) is 97.1 Å². The minimum Gasteiger partial charge on any atom is -0.872 e. The zero-order valence-corrected chi connectivity index (χ0v) is 25.3. The van der Waals surface area contributed by atoms with Crippen LogP contribution in [0.4, 0.5) is 0 Å². The Hall–Kier alpha value is -0.530. The Bertz CT molecular complexity index is 1050. The standard InChI is InChI=1S/C25H24O4.3Na/c1-16(24(28)19-12-6-8-14-21(19)26)23(18-10-4-3-5-11-18)17(2)25(29)20-13-7-9-15-22(20)27;;;/h3-16,23,26-27,29H,1-2H3;;;/q;3*+1/p-3/b25-17-;;;/t16-,23+;;;/m0.../s1. The molecular formula is C25H21Na3O4. The van der Waals surface area contributed by atoms with Crippen LogP contribution in [0.15, 0.2) is 84.4 Å². The van der Waals surface area contributed by atoms with Crippen LogP contribution in [0.3, 0.4) is 0 Å². The van der Waals surface area contributed by atoms with Gasteiger partial charge in [-0.3, -0.25) is 4.79 Å². The molecule has 0 heterocycles. The van der Waals surface area contributed by atoms with E-state index < -0.39 is 11.8 Å². The van der Waals surface area contributed by atoms with Crippen LogP contribution in [-0.2, 0) is 0 Å². The molecule has 0 amide bonds. The van der Waals surface area contributed by atoms with Crippen LogP contribution in [0.1, 0.15) is 41.3 Å². The predicted molar refractivity (Wildman–Crippen MR) is 107 cm³/mol. The zero-order valence-electron chi connectivity index (χ0n) is 19.3. The molecule has 0 N–H and O–H groups in total. The molecule has 0 fully saturated rings. The smallest absolute Gasteiger partial charge is 0.872 e. The molecule has 4 nitrogen and oxygen atoms in total. The van der Waals surface area contributed by atoms with Gasteiger partial charge < -0.3 is 15.3 Å². The van der Waals surface area contributed by atoms with Crippen molar-refractivity contribution in [2.24, 2.45) is 5.92 Å². The average Bonchev–Trinajstić information content (AvgIpc) is 2.74. The summed E-state index contributed by atoms with van der Waals surface area (Å²) in [6.45, 7) is 3.37. The molecule has 0 aliphatic carbocycles. The molecule has 0 aliphatic rings. The molecule has 0 saturated heterocycles. The summed E-state index contributed by atoms with van der Waals surface area (Å²) in [4.78, 5) is 13.1. The molecule has 3 rings (SSSR count). The molecule has 2 atom stereocenters. The van der Waals surface area contributed by atoms with E-state index in [1.807, 2.05) is 30.3 Å². The second-order valence-electron chi connectivity index (χ2n) is 7.05. The number of benzene rings is 3. The fraction of sp³-hybridized carbons (Fsp3) is 0.160. The molecule has 0 aliphatic heterocycles. The van der Waals surface area contributed by atoms with E-state index in [1.165, 1.54) is 24.3 Å². The van der Waals surface area contributed by atoms with Crippen molar-refractivity contribution in [1.82, 2.24) is 0 Å². The molecule has 0 aromatic heterocycles. The van der Waals surface area contributed by atoms with E-state index in [4.69, 9.17) is 0 Å². The zero-order chi connectivity index (χ0) is 21.0. The number of hydrogen-bond donors (Lipinski definition) is 0. The fourth-order valence-electron chi connectivity index (χ4n) is 3.65. The van der Waals surface area contributed by atoms with Crippen molar-refractivity contribution in [1.29, 1.82) is 0 Å². The Morgan fingerprint density at radius 2 is 1.16 bits per heavy atom. The maximum Gasteiger partial charge on any atom is 1.00 e. The van der Waals surface area contributed by atoms with E-state index in [2.05, 4.69) is 0 Å². The van der Waals surface area contributed by atoms with Gasteiger partial charge in [0.25, 0.3) is 0 Å². The molecule has 0 radical (unpaired) electrons. The van der Waals surface area contributed by atoms with Crippen molar-refractivity contribution < 1.29 is 109 Å². The molecule has 3 aromatic carbocycles. The maximum atomic E-state index is 13.1. The van der Waals surface area contributed by atoms with Gasteiger partial charge in [0.15, 0.2) is 5.78 Å². The van der Waals surface area contributed by atoms with Crippen LogP contribution in [-0.4, -0.2) is 5.78 Å². The Balaban J connectivity index is 0.00000320. The van der Waals surface area contributed by atoms with Gasteiger partial charge in [0, 0.05) is 17.4 Å². The van der Waals surface area contributed by atoms with Gasteiger partial charge in [-0.2, -0.15) is 0 Å². The molecule has 7 heteroatoms.